The first-order valence-electron chi connectivity index (χ1n) is 4.71. The Balaban J connectivity index is 2.47. The highest BCUT2D eigenvalue weighted by atomic mass is 19.1. The monoisotopic (exact) mass is 223 g/mol. The maximum Gasteiger partial charge on any atom is 0.173 e. The standard InChI is InChI=1S/C10H10FN3O2/c1-6-2-3-8(13-12-6)10-7(5-15)9(4-11)16-14-10/h2-3,15H,4-5H2,1H3. The normalized spacial score (nSPS) is 10.7. The third kappa shape index (κ3) is 1.79. The Labute approximate surface area is 90.9 Å². The van der Waals surface area contributed by atoms with Crippen LogP contribution < -0.4 is 0 Å². The van der Waals surface area contributed by atoms with Crippen molar-refractivity contribution in [2.24, 2.45) is 0 Å². The zero-order chi connectivity index (χ0) is 11.5. The van der Waals surface area contributed by atoms with Crippen molar-refractivity contribution in [3.8, 4) is 11.4 Å². The topological polar surface area (TPSA) is 72.0 Å². The van der Waals surface area contributed by atoms with Crippen molar-refractivity contribution in [2.75, 3.05) is 0 Å². The Bertz CT molecular complexity index is 481. The van der Waals surface area contributed by atoms with Gasteiger partial charge in [0.2, 0.25) is 0 Å². The van der Waals surface area contributed by atoms with Crippen LogP contribution in [-0.2, 0) is 13.3 Å². The fourth-order valence-corrected chi connectivity index (χ4v) is 1.34. The van der Waals surface area contributed by atoms with E-state index in [9.17, 15) is 4.39 Å². The van der Waals surface area contributed by atoms with Crippen molar-refractivity contribution in [2.45, 2.75) is 20.2 Å². The molecule has 0 atom stereocenters. The Morgan fingerprint density at radius 1 is 1.38 bits per heavy atom. The van der Waals surface area contributed by atoms with Crippen molar-refractivity contribution in [1.82, 2.24) is 15.4 Å². The lowest BCUT2D eigenvalue weighted by Crippen LogP contribution is -1.94. The third-order valence-corrected chi connectivity index (χ3v) is 2.19. The van der Waals surface area contributed by atoms with E-state index in [1.165, 1.54) is 0 Å². The lowest BCUT2D eigenvalue weighted by molar-refractivity contribution is 0.270. The van der Waals surface area contributed by atoms with Gasteiger partial charge in [-0.25, -0.2) is 4.39 Å². The molecule has 0 fully saturated rings. The van der Waals surface area contributed by atoms with Gasteiger partial charge in [-0.1, -0.05) is 5.16 Å². The predicted octanol–water partition coefficient (Wildman–Crippen LogP) is 1.40. The molecule has 84 valence electrons. The first-order valence-corrected chi connectivity index (χ1v) is 4.71. The molecule has 0 aliphatic carbocycles. The summed E-state index contributed by atoms with van der Waals surface area (Å²) >= 11 is 0. The number of nitrogens with zero attached hydrogens (tertiary/aromatic N) is 3. The van der Waals surface area contributed by atoms with E-state index in [4.69, 9.17) is 9.63 Å². The smallest absolute Gasteiger partial charge is 0.173 e. The number of hydrogen-bond acceptors (Lipinski definition) is 5. The number of aromatic nitrogens is 3. The van der Waals surface area contributed by atoms with Gasteiger partial charge in [0.25, 0.3) is 0 Å². The Morgan fingerprint density at radius 3 is 2.75 bits per heavy atom. The molecule has 0 bridgehead atoms. The van der Waals surface area contributed by atoms with Gasteiger partial charge in [-0.15, -0.1) is 5.10 Å². The van der Waals surface area contributed by atoms with Crippen LogP contribution in [0.15, 0.2) is 16.7 Å². The van der Waals surface area contributed by atoms with Gasteiger partial charge in [0, 0.05) is 0 Å². The van der Waals surface area contributed by atoms with Gasteiger partial charge in [-0.2, -0.15) is 5.10 Å². The molecule has 5 nitrogen and oxygen atoms in total. The fourth-order valence-electron chi connectivity index (χ4n) is 1.34. The van der Waals surface area contributed by atoms with Crippen molar-refractivity contribution in [3.05, 3.63) is 29.2 Å². The lowest BCUT2D eigenvalue weighted by atomic mass is 10.1. The number of alkyl halides is 1. The zero-order valence-corrected chi connectivity index (χ0v) is 8.64. The van der Waals surface area contributed by atoms with Gasteiger partial charge in [-0.3, -0.25) is 0 Å². The first-order chi connectivity index (χ1) is 7.76. The van der Waals surface area contributed by atoms with Crippen LogP contribution in [-0.4, -0.2) is 20.5 Å². The molecule has 0 saturated carbocycles. The van der Waals surface area contributed by atoms with Gasteiger partial charge in [-0.05, 0) is 19.1 Å². The quantitative estimate of drug-likeness (QED) is 0.851. The molecule has 2 aromatic rings. The van der Waals surface area contributed by atoms with E-state index in [0.717, 1.165) is 5.69 Å². The van der Waals surface area contributed by atoms with E-state index in [-0.39, 0.29) is 12.4 Å². The molecule has 2 heterocycles. The Hall–Kier alpha value is -1.82. The highest BCUT2D eigenvalue weighted by molar-refractivity contribution is 5.58. The molecule has 2 aromatic heterocycles. The molecule has 0 saturated heterocycles. The molecule has 0 radical (unpaired) electrons. The van der Waals surface area contributed by atoms with Crippen molar-refractivity contribution < 1.29 is 14.0 Å². The number of hydrogen-bond donors (Lipinski definition) is 1. The minimum atomic E-state index is -0.803. The summed E-state index contributed by atoms with van der Waals surface area (Å²) in [6.07, 6.45) is 0. The summed E-state index contributed by atoms with van der Waals surface area (Å²) in [5.74, 6) is 0.0277. The molecule has 16 heavy (non-hydrogen) atoms. The van der Waals surface area contributed by atoms with Crippen molar-refractivity contribution in [1.29, 1.82) is 0 Å². The zero-order valence-electron chi connectivity index (χ0n) is 8.64. The van der Waals surface area contributed by atoms with Crippen LogP contribution in [0, 0.1) is 6.92 Å². The number of rotatable bonds is 3. The summed E-state index contributed by atoms with van der Waals surface area (Å²) in [6, 6.07) is 3.45. The van der Waals surface area contributed by atoms with Crippen molar-refractivity contribution in [3.63, 3.8) is 0 Å². The summed E-state index contributed by atoms with van der Waals surface area (Å²) in [7, 11) is 0. The largest absolute Gasteiger partial charge is 0.391 e. The Kier molecular flexibility index (Phi) is 2.91. The molecule has 2 rings (SSSR count). The number of halogens is 1. The van der Waals surface area contributed by atoms with Gasteiger partial charge in [0.1, 0.15) is 11.4 Å². The first kappa shape index (κ1) is 10.7. The molecule has 0 aliphatic heterocycles. The van der Waals surface area contributed by atoms with Crippen LogP contribution in [0.25, 0.3) is 11.4 Å². The van der Waals surface area contributed by atoms with Crippen LogP contribution in [0.1, 0.15) is 17.0 Å². The van der Waals surface area contributed by atoms with Gasteiger partial charge in [0.05, 0.1) is 17.9 Å². The highest BCUT2D eigenvalue weighted by Gasteiger charge is 2.17. The molecule has 1 N–H and O–H groups in total. The van der Waals surface area contributed by atoms with Crippen LogP contribution in [0.5, 0.6) is 0 Å². The maximum atomic E-state index is 12.5. The van der Waals surface area contributed by atoms with E-state index in [1.54, 1.807) is 19.1 Å². The minimum absolute atomic E-state index is 0.0277. The molecule has 0 aliphatic rings. The second kappa shape index (κ2) is 4.36. The van der Waals surface area contributed by atoms with E-state index in [2.05, 4.69) is 15.4 Å². The van der Waals surface area contributed by atoms with Gasteiger partial charge < -0.3 is 9.63 Å². The Morgan fingerprint density at radius 2 is 2.19 bits per heavy atom. The average Bonchev–Trinajstić information content (AvgIpc) is 2.72. The van der Waals surface area contributed by atoms with Crippen molar-refractivity contribution >= 4 is 0 Å². The number of aryl methyl sites for hydroxylation is 1. The molecule has 6 heteroatoms. The van der Waals surface area contributed by atoms with Gasteiger partial charge in [0.15, 0.2) is 12.4 Å². The summed E-state index contributed by atoms with van der Waals surface area (Å²) in [5, 5.41) is 20.6. The van der Waals surface area contributed by atoms with Crippen LogP contribution in [0.4, 0.5) is 4.39 Å². The summed E-state index contributed by atoms with van der Waals surface area (Å²) in [4.78, 5) is 0. The molecule has 0 unspecified atom stereocenters. The number of aliphatic hydroxyl groups is 1. The van der Waals surface area contributed by atoms with E-state index in [0.29, 0.717) is 17.0 Å². The second-order valence-corrected chi connectivity index (χ2v) is 3.28. The van der Waals surface area contributed by atoms with E-state index < -0.39 is 6.67 Å². The number of aliphatic hydroxyl groups excluding tert-OH is 1. The van der Waals surface area contributed by atoms with Crippen LogP contribution in [0.3, 0.4) is 0 Å². The average molecular weight is 223 g/mol. The minimum Gasteiger partial charge on any atom is -0.391 e. The summed E-state index contributed by atoms with van der Waals surface area (Å²) < 4.78 is 17.3. The van der Waals surface area contributed by atoms with E-state index in [1.807, 2.05) is 0 Å². The SMILES string of the molecule is Cc1ccc(-c2noc(CF)c2CO)nn1. The summed E-state index contributed by atoms with van der Waals surface area (Å²) in [5.41, 5.74) is 1.88. The molecular formula is C10H10FN3O2. The molecule has 0 amide bonds. The van der Waals surface area contributed by atoms with E-state index >= 15 is 0 Å². The second-order valence-electron chi connectivity index (χ2n) is 3.28. The third-order valence-electron chi connectivity index (χ3n) is 2.19. The van der Waals surface area contributed by atoms with Gasteiger partial charge >= 0.3 is 0 Å². The predicted molar refractivity (Wildman–Crippen MR) is 53.0 cm³/mol. The lowest BCUT2D eigenvalue weighted by Gasteiger charge is -1.97. The molecular weight excluding hydrogens is 213 g/mol. The molecule has 0 spiro atoms. The maximum absolute atomic E-state index is 12.5. The van der Waals surface area contributed by atoms with Crippen LogP contribution >= 0.6 is 0 Å². The summed E-state index contributed by atoms with van der Waals surface area (Å²) in [6.45, 7) is 0.662. The van der Waals surface area contributed by atoms with Crippen LogP contribution in [0.2, 0.25) is 0 Å². The molecule has 0 aromatic carbocycles. The fraction of sp³-hybridized carbons (Fsp3) is 0.300. The highest BCUT2D eigenvalue weighted by Crippen LogP contribution is 2.24.